The molecule has 0 fully saturated rings. The van der Waals surface area contributed by atoms with Gasteiger partial charge in [-0.25, -0.2) is 0 Å². The highest BCUT2D eigenvalue weighted by Crippen LogP contribution is 2.27. The Bertz CT molecular complexity index is 468. The predicted octanol–water partition coefficient (Wildman–Crippen LogP) is 3.84. The smallest absolute Gasteiger partial charge is 0.160 e. The molecule has 0 saturated heterocycles. The minimum atomic E-state index is 0.541. The predicted molar refractivity (Wildman–Crippen MR) is 61.3 cm³/mol. The third-order valence-corrected chi connectivity index (χ3v) is 3.38. The number of fused-ring (bicyclic) bond motifs is 1. The van der Waals surface area contributed by atoms with Gasteiger partial charge in [-0.2, -0.15) is 0 Å². The maximum absolute atomic E-state index is 10.6. The maximum atomic E-state index is 10.6. The van der Waals surface area contributed by atoms with Crippen molar-refractivity contribution in [1.29, 1.82) is 0 Å². The summed E-state index contributed by atoms with van der Waals surface area (Å²) >= 11 is 1.55. The molecule has 0 bridgehead atoms. The number of thiophene rings is 1. The van der Waals surface area contributed by atoms with Crippen LogP contribution >= 0.6 is 11.3 Å². The number of carbonyl (C=O) groups is 1. The van der Waals surface area contributed by atoms with Crippen LogP contribution in [-0.2, 0) is 0 Å². The molecule has 0 saturated carbocycles. The fourth-order valence-electron chi connectivity index (χ4n) is 1.50. The van der Waals surface area contributed by atoms with Gasteiger partial charge < -0.3 is 0 Å². The average Bonchev–Trinajstić information content (AvgIpc) is 2.58. The van der Waals surface area contributed by atoms with Gasteiger partial charge in [0.2, 0.25) is 0 Å². The van der Waals surface area contributed by atoms with Gasteiger partial charge in [0, 0.05) is 4.70 Å². The quantitative estimate of drug-likeness (QED) is 0.679. The van der Waals surface area contributed by atoms with Crippen LogP contribution in [0.1, 0.15) is 35.0 Å². The molecule has 2 heteroatoms. The highest BCUT2D eigenvalue weighted by Gasteiger charge is 2.03. The highest BCUT2D eigenvalue weighted by molar-refractivity contribution is 7.20. The zero-order chi connectivity index (χ0) is 10.1. The van der Waals surface area contributed by atoms with Crippen molar-refractivity contribution in [3.8, 4) is 0 Å². The Morgan fingerprint density at radius 2 is 2.07 bits per heavy atom. The van der Waals surface area contributed by atoms with Gasteiger partial charge in [-0.3, -0.25) is 4.79 Å². The molecule has 2 aromatic rings. The Morgan fingerprint density at radius 1 is 1.29 bits per heavy atom. The third-order valence-electron chi connectivity index (χ3n) is 2.34. The molecule has 0 spiro atoms. The van der Waals surface area contributed by atoms with Crippen molar-refractivity contribution in [3.05, 3.63) is 34.7 Å². The minimum Gasteiger partial charge on any atom is -0.297 e. The van der Waals surface area contributed by atoms with E-state index in [1.807, 2.05) is 6.07 Å². The lowest BCUT2D eigenvalue weighted by molar-refractivity contribution is 0.112. The molecule has 0 atom stereocenters. The Balaban J connectivity index is 2.59. The Hall–Kier alpha value is -1.15. The van der Waals surface area contributed by atoms with Gasteiger partial charge in [0.15, 0.2) is 6.29 Å². The van der Waals surface area contributed by atoms with Gasteiger partial charge >= 0.3 is 0 Å². The fraction of sp³-hybridized carbons (Fsp3) is 0.250. The first-order valence-corrected chi connectivity index (χ1v) is 5.51. The van der Waals surface area contributed by atoms with Crippen LogP contribution < -0.4 is 0 Å². The van der Waals surface area contributed by atoms with E-state index >= 15 is 0 Å². The number of hydrogen-bond acceptors (Lipinski definition) is 2. The van der Waals surface area contributed by atoms with E-state index in [1.165, 1.54) is 15.6 Å². The van der Waals surface area contributed by atoms with Crippen LogP contribution in [0.2, 0.25) is 0 Å². The molecule has 0 unspecified atom stereocenters. The lowest BCUT2D eigenvalue weighted by Crippen LogP contribution is -1.84. The van der Waals surface area contributed by atoms with Gasteiger partial charge in [-0.15, -0.1) is 11.3 Å². The van der Waals surface area contributed by atoms with Crippen LogP contribution in [0.4, 0.5) is 0 Å². The fourth-order valence-corrected chi connectivity index (χ4v) is 2.36. The summed E-state index contributed by atoms with van der Waals surface area (Å²) in [6, 6.07) is 8.36. The summed E-state index contributed by atoms with van der Waals surface area (Å²) in [6.07, 6.45) is 0.916. The summed E-state index contributed by atoms with van der Waals surface area (Å²) in [5, 5.41) is 1.18. The Morgan fingerprint density at radius 3 is 2.71 bits per heavy atom. The zero-order valence-electron chi connectivity index (χ0n) is 8.28. The van der Waals surface area contributed by atoms with Crippen LogP contribution in [0, 0.1) is 0 Å². The second kappa shape index (κ2) is 3.54. The molecule has 0 N–H and O–H groups in total. The molecular weight excluding hydrogens is 192 g/mol. The second-order valence-corrected chi connectivity index (χ2v) is 4.83. The van der Waals surface area contributed by atoms with E-state index in [0.717, 1.165) is 11.2 Å². The standard InChI is InChI=1S/C12H12OS/c1-8(2)9-3-4-12-10(5-9)6-11(7-13)14-12/h3-8H,1-2H3. The van der Waals surface area contributed by atoms with Gasteiger partial charge in [-0.1, -0.05) is 26.0 Å². The van der Waals surface area contributed by atoms with Crippen molar-refractivity contribution >= 4 is 27.7 Å². The highest BCUT2D eigenvalue weighted by atomic mass is 32.1. The normalized spacial score (nSPS) is 11.1. The third kappa shape index (κ3) is 1.58. The summed E-state index contributed by atoms with van der Waals surface area (Å²) in [6.45, 7) is 4.35. The zero-order valence-corrected chi connectivity index (χ0v) is 9.10. The van der Waals surface area contributed by atoms with E-state index in [0.29, 0.717) is 5.92 Å². The topological polar surface area (TPSA) is 17.1 Å². The number of benzene rings is 1. The van der Waals surface area contributed by atoms with Crippen LogP contribution in [-0.4, -0.2) is 6.29 Å². The van der Waals surface area contributed by atoms with Crippen molar-refractivity contribution in [1.82, 2.24) is 0 Å². The molecule has 1 nitrogen and oxygen atoms in total. The minimum absolute atomic E-state index is 0.541. The van der Waals surface area contributed by atoms with Crippen molar-refractivity contribution in [3.63, 3.8) is 0 Å². The van der Waals surface area contributed by atoms with Crippen molar-refractivity contribution in [2.75, 3.05) is 0 Å². The van der Waals surface area contributed by atoms with Crippen molar-refractivity contribution < 1.29 is 4.79 Å². The van der Waals surface area contributed by atoms with Crippen LogP contribution in [0.25, 0.3) is 10.1 Å². The molecular formula is C12H12OS. The first-order chi connectivity index (χ1) is 6.70. The molecule has 72 valence electrons. The largest absolute Gasteiger partial charge is 0.297 e. The van der Waals surface area contributed by atoms with Crippen molar-refractivity contribution in [2.24, 2.45) is 0 Å². The molecule has 1 aromatic carbocycles. The lowest BCUT2D eigenvalue weighted by atomic mass is 10.0. The van der Waals surface area contributed by atoms with E-state index in [4.69, 9.17) is 0 Å². The van der Waals surface area contributed by atoms with E-state index < -0.39 is 0 Å². The summed E-state index contributed by atoms with van der Waals surface area (Å²) in [7, 11) is 0. The monoisotopic (exact) mass is 204 g/mol. The molecule has 0 amide bonds. The summed E-state index contributed by atoms with van der Waals surface area (Å²) in [4.78, 5) is 11.4. The first kappa shape index (κ1) is 9.41. The average molecular weight is 204 g/mol. The lowest BCUT2D eigenvalue weighted by Gasteiger charge is -2.03. The molecule has 0 aliphatic carbocycles. The molecule has 1 aromatic heterocycles. The Kier molecular flexibility index (Phi) is 2.38. The van der Waals surface area contributed by atoms with E-state index in [2.05, 4.69) is 32.0 Å². The molecule has 0 radical (unpaired) electrons. The summed E-state index contributed by atoms with van der Waals surface area (Å²) in [5.74, 6) is 0.541. The van der Waals surface area contributed by atoms with Crippen LogP contribution in [0.5, 0.6) is 0 Å². The van der Waals surface area contributed by atoms with Gasteiger partial charge in [0.25, 0.3) is 0 Å². The van der Waals surface area contributed by atoms with Gasteiger partial charge in [-0.05, 0) is 29.0 Å². The molecule has 2 rings (SSSR count). The number of carbonyl (C=O) groups excluding carboxylic acids is 1. The number of hydrogen-bond donors (Lipinski definition) is 0. The first-order valence-electron chi connectivity index (χ1n) is 4.69. The molecule has 14 heavy (non-hydrogen) atoms. The van der Waals surface area contributed by atoms with E-state index in [9.17, 15) is 4.79 Å². The van der Waals surface area contributed by atoms with E-state index in [-0.39, 0.29) is 0 Å². The molecule has 1 heterocycles. The second-order valence-electron chi connectivity index (χ2n) is 3.72. The van der Waals surface area contributed by atoms with E-state index in [1.54, 1.807) is 11.3 Å². The molecule has 0 aliphatic heterocycles. The van der Waals surface area contributed by atoms with Crippen molar-refractivity contribution in [2.45, 2.75) is 19.8 Å². The molecule has 0 aliphatic rings. The van der Waals surface area contributed by atoms with Gasteiger partial charge in [0.05, 0.1) is 4.88 Å². The van der Waals surface area contributed by atoms with Crippen LogP contribution in [0.15, 0.2) is 24.3 Å². The maximum Gasteiger partial charge on any atom is 0.160 e. The SMILES string of the molecule is CC(C)c1ccc2sc(C=O)cc2c1. The summed E-state index contributed by atoms with van der Waals surface area (Å²) in [5.41, 5.74) is 1.33. The van der Waals surface area contributed by atoms with Gasteiger partial charge in [0.1, 0.15) is 0 Å². The Labute approximate surface area is 87.4 Å². The number of rotatable bonds is 2. The number of aldehydes is 1. The summed E-state index contributed by atoms with van der Waals surface area (Å²) < 4.78 is 1.19. The van der Waals surface area contributed by atoms with Crippen LogP contribution in [0.3, 0.4) is 0 Å².